The molecule has 0 aromatic heterocycles. The van der Waals surface area contributed by atoms with E-state index < -0.39 is 11.2 Å². The number of carbonyl (C=O) groups excluding carboxylic acids is 1. The molecule has 6 heteroatoms. The monoisotopic (exact) mass is 410 g/mol. The van der Waals surface area contributed by atoms with Gasteiger partial charge < -0.3 is 9.57 Å². The van der Waals surface area contributed by atoms with Crippen molar-refractivity contribution < 1.29 is 19.2 Å². The van der Waals surface area contributed by atoms with E-state index in [9.17, 15) is 4.79 Å². The van der Waals surface area contributed by atoms with E-state index in [1.54, 1.807) is 7.11 Å². The van der Waals surface area contributed by atoms with Gasteiger partial charge in [-0.05, 0) is 75.2 Å². The third-order valence-electron chi connectivity index (χ3n) is 6.99. The molecular formula is C23H42N2O4. The van der Waals surface area contributed by atoms with Crippen LogP contribution in [-0.4, -0.2) is 63.0 Å². The normalized spacial score (nSPS) is 32.1. The Morgan fingerprint density at radius 3 is 1.69 bits per heavy atom. The largest absolute Gasteiger partial charge is 0.360 e. The van der Waals surface area contributed by atoms with E-state index in [-0.39, 0.29) is 27.9 Å². The molecule has 168 valence electrons. The van der Waals surface area contributed by atoms with Gasteiger partial charge in [-0.1, -0.05) is 0 Å². The molecule has 0 aromatic carbocycles. The fourth-order valence-corrected chi connectivity index (χ4v) is 7.43. The van der Waals surface area contributed by atoms with Crippen LogP contribution in [0.25, 0.3) is 0 Å². The number of ether oxygens (including phenoxy) is 1. The van der Waals surface area contributed by atoms with E-state index in [1.165, 1.54) is 0 Å². The van der Waals surface area contributed by atoms with Crippen molar-refractivity contribution >= 4 is 5.78 Å². The van der Waals surface area contributed by atoms with Crippen LogP contribution in [0.5, 0.6) is 0 Å². The SMILES string of the molecule is CCON1C(C)(C)CC2(CC1(C)C)OC1(CC2=O)CC(C)(C)N(OC)C(C)(C)C1. The molecule has 0 atom stereocenters. The van der Waals surface area contributed by atoms with Crippen molar-refractivity contribution in [3.05, 3.63) is 0 Å². The number of hydrogen-bond acceptors (Lipinski definition) is 6. The van der Waals surface area contributed by atoms with Crippen LogP contribution in [0.3, 0.4) is 0 Å². The van der Waals surface area contributed by atoms with Gasteiger partial charge in [-0.2, -0.15) is 10.1 Å². The standard InChI is InChI=1S/C23H42N2O4/c1-11-28-25-20(6,7)15-23(16-21(25,8)9)17(26)12-22(29-23)13-18(2,3)24(27-10)19(4,5)14-22/h11-16H2,1-10H3. The van der Waals surface area contributed by atoms with Gasteiger partial charge in [0.1, 0.15) is 5.60 Å². The average molecular weight is 411 g/mol. The Kier molecular flexibility index (Phi) is 5.37. The van der Waals surface area contributed by atoms with Crippen molar-refractivity contribution in [1.82, 2.24) is 10.1 Å². The number of rotatable bonds is 3. The molecule has 3 aliphatic heterocycles. The summed E-state index contributed by atoms with van der Waals surface area (Å²) in [6, 6.07) is 0. The van der Waals surface area contributed by atoms with Crippen LogP contribution in [0.2, 0.25) is 0 Å². The Bertz CT molecular complexity index is 632. The van der Waals surface area contributed by atoms with Crippen molar-refractivity contribution in [2.75, 3.05) is 13.7 Å². The third kappa shape index (κ3) is 3.69. The fraction of sp³-hybridized carbons (Fsp3) is 0.957. The number of piperidine rings is 2. The summed E-state index contributed by atoms with van der Waals surface area (Å²) in [5.74, 6) is 0.257. The van der Waals surface area contributed by atoms with Crippen LogP contribution in [-0.2, 0) is 19.2 Å². The minimum atomic E-state index is -0.748. The highest BCUT2D eigenvalue weighted by Gasteiger charge is 2.67. The van der Waals surface area contributed by atoms with Crippen molar-refractivity contribution in [3.63, 3.8) is 0 Å². The molecule has 0 bridgehead atoms. The number of nitrogens with zero attached hydrogens (tertiary/aromatic N) is 2. The lowest BCUT2D eigenvalue weighted by Crippen LogP contribution is -2.68. The molecule has 2 spiro atoms. The molecule has 3 fully saturated rings. The van der Waals surface area contributed by atoms with Crippen LogP contribution in [0.4, 0.5) is 0 Å². The van der Waals surface area contributed by atoms with Gasteiger partial charge in [-0.15, -0.1) is 0 Å². The maximum atomic E-state index is 13.6. The molecular weight excluding hydrogens is 368 g/mol. The second-order valence-corrected chi connectivity index (χ2v) is 12.0. The molecule has 0 aliphatic carbocycles. The van der Waals surface area contributed by atoms with Crippen LogP contribution in [0, 0.1) is 0 Å². The molecule has 3 aliphatic rings. The molecule has 0 amide bonds. The first-order chi connectivity index (χ1) is 13.0. The second-order valence-electron chi connectivity index (χ2n) is 12.0. The first-order valence-corrected chi connectivity index (χ1v) is 11.1. The summed E-state index contributed by atoms with van der Waals surface area (Å²) in [4.78, 5) is 25.4. The van der Waals surface area contributed by atoms with E-state index in [0.29, 0.717) is 25.9 Å². The Balaban J connectivity index is 1.96. The minimum absolute atomic E-state index is 0.223. The topological polar surface area (TPSA) is 51.2 Å². The maximum Gasteiger partial charge on any atom is 0.167 e. The predicted molar refractivity (Wildman–Crippen MR) is 113 cm³/mol. The van der Waals surface area contributed by atoms with Crippen LogP contribution >= 0.6 is 0 Å². The van der Waals surface area contributed by atoms with Crippen LogP contribution in [0.15, 0.2) is 0 Å². The highest BCUT2D eigenvalue weighted by Crippen LogP contribution is 2.57. The van der Waals surface area contributed by atoms with E-state index in [0.717, 1.165) is 12.8 Å². The van der Waals surface area contributed by atoms with Crippen molar-refractivity contribution in [2.45, 2.75) is 128 Å². The third-order valence-corrected chi connectivity index (χ3v) is 6.99. The quantitative estimate of drug-likeness (QED) is 0.692. The molecule has 29 heavy (non-hydrogen) atoms. The predicted octanol–water partition coefficient (Wildman–Crippen LogP) is 4.27. The number of hydrogen-bond donors (Lipinski definition) is 0. The van der Waals surface area contributed by atoms with Crippen LogP contribution < -0.4 is 0 Å². The zero-order valence-corrected chi connectivity index (χ0v) is 20.3. The lowest BCUT2D eigenvalue weighted by atomic mass is 9.69. The van der Waals surface area contributed by atoms with Crippen molar-refractivity contribution in [1.29, 1.82) is 0 Å². The lowest BCUT2D eigenvalue weighted by molar-refractivity contribution is -0.324. The summed E-state index contributed by atoms with van der Waals surface area (Å²) >= 11 is 0. The Hall–Kier alpha value is -0.530. The zero-order chi connectivity index (χ0) is 22.1. The highest BCUT2D eigenvalue weighted by atomic mass is 16.7. The van der Waals surface area contributed by atoms with Gasteiger partial charge in [0.25, 0.3) is 0 Å². The first kappa shape index (κ1) is 23.1. The highest BCUT2D eigenvalue weighted by molar-refractivity contribution is 5.91. The average Bonchev–Trinajstić information content (AvgIpc) is 2.69. The Labute approximate surface area is 177 Å². The lowest BCUT2D eigenvalue weighted by Gasteiger charge is -2.59. The van der Waals surface area contributed by atoms with Gasteiger partial charge in [0, 0.05) is 41.4 Å². The first-order valence-electron chi connectivity index (χ1n) is 11.1. The number of Topliss-reactive ketones (excluding diaryl/α,β-unsaturated/α-hetero) is 1. The summed E-state index contributed by atoms with van der Waals surface area (Å²) in [5.41, 5.74) is -2.23. The zero-order valence-electron chi connectivity index (χ0n) is 20.3. The van der Waals surface area contributed by atoms with Crippen molar-refractivity contribution in [2.24, 2.45) is 0 Å². The van der Waals surface area contributed by atoms with Crippen LogP contribution in [0.1, 0.15) is 94.4 Å². The van der Waals surface area contributed by atoms with Gasteiger partial charge in [0.2, 0.25) is 0 Å². The summed E-state index contributed by atoms with van der Waals surface area (Å²) in [6.07, 6.45) is 3.34. The number of hydroxylamine groups is 4. The molecule has 0 unspecified atom stereocenters. The molecule has 3 saturated heterocycles. The molecule has 6 nitrogen and oxygen atoms in total. The van der Waals surface area contributed by atoms with Gasteiger partial charge >= 0.3 is 0 Å². The molecule has 3 rings (SSSR count). The minimum Gasteiger partial charge on any atom is -0.360 e. The van der Waals surface area contributed by atoms with Gasteiger partial charge in [0.15, 0.2) is 5.78 Å². The van der Waals surface area contributed by atoms with Gasteiger partial charge in [0.05, 0.1) is 19.3 Å². The second kappa shape index (κ2) is 6.73. The van der Waals surface area contributed by atoms with E-state index in [4.69, 9.17) is 14.4 Å². The van der Waals surface area contributed by atoms with Crippen molar-refractivity contribution in [3.8, 4) is 0 Å². The summed E-state index contributed by atoms with van der Waals surface area (Å²) in [6.45, 7) is 20.0. The molecule has 0 radical (unpaired) electrons. The Morgan fingerprint density at radius 2 is 1.28 bits per heavy atom. The maximum absolute atomic E-state index is 13.6. The summed E-state index contributed by atoms with van der Waals surface area (Å²) < 4.78 is 6.98. The molecule has 0 saturated carbocycles. The number of ketones is 1. The molecule has 3 heterocycles. The van der Waals surface area contributed by atoms with E-state index >= 15 is 0 Å². The Morgan fingerprint density at radius 1 is 0.828 bits per heavy atom. The van der Waals surface area contributed by atoms with E-state index in [2.05, 4.69) is 65.5 Å². The van der Waals surface area contributed by atoms with Gasteiger partial charge in [-0.25, -0.2) is 0 Å². The smallest absolute Gasteiger partial charge is 0.167 e. The molecule has 0 N–H and O–H groups in total. The van der Waals surface area contributed by atoms with Gasteiger partial charge in [-0.3, -0.25) is 9.63 Å². The fourth-order valence-electron chi connectivity index (χ4n) is 7.43. The molecule has 0 aromatic rings. The van der Waals surface area contributed by atoms with E-state index in [1.807, 2.05) is 6.92 Å². The number of carbonyl (C=O) groups is 1. The summed E-state index contributed by atoms with van der Waals surface area (Å²) in [5, 5.41) is 4.17. The summed E-state index contributed by atoms with van der Waals surface area (Å²) in [7, 11) is 1.73.